The smallest absolute Gasteiger partial charge is 0.273 e. The fourth-order valence-electron chi connectivity index (χ4n) is 3.78. The van der Waals surface area contributed by atoms with Gasteiger partial charge < -0.3 is 9.64 Å². The SMILES string of the molecule is CCCN1C(=O)c2[nH]nc(-c3ccc(Cl)cc3)c2C1c1cccc(OCC)c1. The van der Waals surface area contributed by atoms with Gasteiger partial charge in [-0.05, 0) is 43.2 Å². The van der Waals surface area contributed by atoms with Gasteiger partial charge in [0.2, 0.25) is 0 Å². The van der Waals surface area contributed by atoms with Crippen LogP contribution in [0.4, 0.5) is 0 Å². The molecule has 1 amide bonds. The highest BCUT2D eigenvalue weighted by Gasteiger charge is 2.41. The summed E-state index contributed by atoms with van der Waals surface area (Å²) in [6.07, 6.45) is 0.876. The molecule has 0 saturated carbocycles. The Morgan fingerprint density at radius 2 is 1.96 bits per heavy atom. The van der Waals surface area contributed by atoms with Crippen LogP contribution < -0.4 is 4.74 Å². The minimum Gasteiger partial charge on any atom is -0.494 e. The highest BCUT2D eigenvalue weighted by molar-refractivity contribution is 6.30. The number of H-pyrrole nitrogens is 1. The predicted molar refractivity (Wildman–Crippen MR) is 110 cm³/mol. The number of aromatic amines is 1. The van der Waals surface area contributed by atoms with E-state index in [9.17, 15) is 4.79 Å². The zero-order chi connectivity index (χ0) is 19.7. The highest BCUT2D eigenvalue weighted by Crippen LogP contribution is 2.43. The molecule has 5 nitrogen and oxygen atoms in total. The second-order valence-electron chi connectivity index (χ2n) is 6.77. The van der Waals surface area contributed by atoms with Crippen LogP contribution >= 0.6 is 11.6 Å². The van der Waals surface area contributed by atoms with Gasteiger partial charge in [-0.1, -0.05) is 42.8 Å². The number of fused-ring (bicyclic) bond motifs is 1. The van der Waals surface area contributed by atoms with Crippen molar-refractivity contribution in [3.05, 3.63) is 70.4 Å². The van der Waals surface area contributed by atoms with Crippen LogP contribution in [0.25, 0.3) is 11.3 Å². The first-order chi connectivity index (χ1) is 13.6. The molecule has 0 aliphatic carbocycles. The van der Waals surface area contributed by atoms with E-state index in [4.69, 9.17) is 16.3 Å². The lowest BCUT2D eigenvalue weighted by molar-refractivity contribution is 0.0743. The Morgan fingerprint density at radius 3 is 2.68 bits per heavy atom. The van der Waals surface area contributed by atoms with Gasteiger partial charge in [0.1, 0.15) is 11.4 Å². The molecule has 0 saturated heterocycles. The number of carbonyl (C=O) groups is 1. The van der Waals surface area contributed by atoms with E-state index < -0.39 is 0 Å². The zero-order valence-corrected chi connectivity index (χ0v) is 16.7. The summed E-state index contributed by atoms with van der Waals surface area (Å²) in [6.45, 7) is 5.30. The van der Waals surface area contributed by atoms with E-state index in [1.807, 2.05) is 60.4 Å². The van der Waals surface area contributed by atoms with Crippen molar-refractivity contribution in [3.8, 4) is 17.0 Å². The molecular formula is C22H22ClN3O2. The Hall–Kier alpha value is -2.79. The van der Waals surface area contributed by atoms with Gasteiger partial charge in [-0.15, -0.1) is 0 Å². The maximum Gasteiger partial charge on any atom is 0.273 e. The lowest BCUT2D eigenvalue weighted by Crippen LogP contribution is -2.30. The second kappa shape index (κ2) is 7.68. The number of benzene rings is 2. The third kappa shape index (κ3) is 3.16. The molecule has 4 rings (SSSR count). The van der Waals surface area contributed by atoms with Crippen molar-refractivity contribution in [3.63, 3.8) is 0 Å². The fourth-order valence-corrected chi connectivity index (χ4v) is 3.91. The lowest BCUT2D eigenvalue weighted by Gasteiger charge is -2.26. The number of nitrogens with zero attached hydrogens (tertiary/aromatic N) is 2. The van der Waals surface area contributed by atoms with Gasteiger partial charge in [0.15, 0.2) is 0 Å². The highest BCUT2D eigenvalue weighted by atomic mass is 35.5. The molecule has 1 unspecified atom stereocenters. The fraction of sp³-hybridized carbons (Fsp3) is 0.273. The lowest BCUT2D eigenvalue weighted by atomic mass is 9.96. The summed E-state index contributed by atoms with van der Waals surface area (Å²) in [6, 6.07) is 15.3. The van der Waals surface area contributed by atoms with E-state index in [0.29, 0.717) is 23.9 Å². The Kier molecular flexibility index (Phi) is 5.09. The first-order valence-corrected chi connectivity index (χ1v) is 9.89. The van der Waals surface area contributed by atoms with Crippen LogP contribution in [-0.4, -0.2) is 34.2 Å². The molecule has 144 valence electrons. The monoisotopic (exact) mass is 395 g/mol. The standard InChI is InChI=1S/C22H22ClN3O2/c1-3-12-26-21(15-6-5-7-17(13-15)28-4-2)18-19(24-25-20(18)22(26)27)14-8-10-16(23)11-9-14/h5-11,13,21H,3-4,12H2,1-2H3,(H,24,25). The number of halogens is 1. The number of hydrogen-bond acceptors (Lipinski definition) is 3. The summed E-state index contributed by atoms with van der Waals surface area (Å²) in [5.74, 6) is 0.783. The second-order valence-corrected chi connectivity index (χ2v) is 7.21. The topological polar surface area (TPSA) is 58.2 Å². The van der Waals surface area contributed by atoms with Crippen molar-refractivity contribution in [1.82, 2.24) is 15.1 Å². The van der Waals surface area contributed by atoms with Gasteiger partial charge in [0, 0.05) is 22.7 Å². The van der Waals surface area contributed by atoms with Gasteiger partial charge in [-0.3, -0.25) is 9.89 Å². The largest absolute Gasteiger partial charge is 0.494 e. The van der Waals surface area contributed by atoms with Crippen LogP contribution in [-0.2, 0) is 0 Å². The average molecular weight is 396 g/mol. The molecule has 0 fully saturated rings. The molecule has 1 aromatic heterocycles. The molecule has 0 bridgehead atoms. The molecule has 1 atom stereocenters. The number of aromatic nitrogens is 2. The van der Waals surface area contributed by atoms with E-state index in [0.717, 1.165) is 34.6 Å². The number of rotatable bonds is 6. The molecule has 0 radical (unpaired) electrons. The zero-order valence-electron chi connectivity index (χ0n) is 15.9. The summed E-state index contributed by atoms with van der Waals surface area (Å²) in [4.78, 5) is 15.0. The summed E-state index contributed by atoms with van der Waals surface area (Å²) in [5, 5.41) is 8.11. The van der Waals surface area contributed by atoms with Crippen LogP contribution in [0.5, 0.6) is 5.75 Å². The van der Waals surface area contributed by atoms with Crippen molar-refractivity contribution in [1.29, 1.82) is 0 Å². The molecule has 1 aliphatic rings. The van der Waals surface area contributed by atoms with Crippen molar-refractivity contribution < 1.29 is 9.53 Å². The predicted octanol–water partition coefficient (Wildman–Crippen LogP) is 5.08. The number of ether oxygens (including phenoxy) is 1. The summed E-state index contributed by atoms with van der Waals surface area (Å²) in [5.41, 5.74) is 4.20. The minimum atomic E-state index is -0.202. The molecule has 1 aliphatic heterocycles. The Bertz CT molecular complexity index is 997. The van der Waals surface area contributed by atoms with Gasteiger partial charge in [-0.2, -0.15) is 5.10 Å². The normalized spacial score (nSPS) is 15.8. The van der Waals surface area contributed by atoms with Gasteiger partial charge >= 0.3 is 0 Å². The summed E-state index contributed by atoms with van der Waals surface area (Å²) in [7, 11) is 0. The quantitative estimate of drug-likeness (QED) is 0.632. The van der Waals surface area contributed by atoms with Crippen LogP contribution in [0, 0.1) is 0 Å². The van der Waals surface area contributed by atoms with E-state index in [1.54, 1.807) is 0 Å². The van der Waals surface area contributed by atoms with Gasteiger partial charge in [0.05, 0.1) is 18.3 Å². The van der Waals surface area contributed by atoms with E-state index in [2.05, 4.69) is 17.1 Å². The number of amides is 1. The molecular weight excluding hydrogens is 374 g/mol. The number of nitrogens with one attached hydrogen (secondary N) is 1. The molecule has 2 aromatic carbocycles. The van der Waals surface area contributed by atoms with Crippen LogP contribution in [0.2, 0.25) is 5.02 Å². The van der Waals surface area contributed by atoms with Crippen LogP contribution in [0.1, 0.15) is 47.9 Å². The molecule has 1 N–H and O–H groups in total. The number of hydrogen-bond donors (Lipinski definition) is 1. The van der Waals surface area contributed by atoms with Crippen LogP contribution in [0.3, 0.4) is 0 Å². The number of carbonyl (C=O) groups excluding carboxylic acids is 1. The van der Waals surface area contributed by atoms with Crippen molar-refractivity contribution in [2.45, 2.75) is 26.3 Å². The average Bonchev–Trinajstić information content (AvgIpc) is 3.23. The Balaban J connectivity index is 1.85. The molecule has 2 heterocycles. The first-order valence-electron chi connectivity index (χ1n) is 9.52. The van der Waals surface area contributed by atoms with E-state index >= 15 is 0 Å². The molecule has 0 spiro atoms. The minimum absolute atomic E-state index is 0.0172. The third-order valence-electron chi connectivity index (χ3n) is 4.93. The van der Waals surface area contributed by atoms with E-state index in [1.165, 1.54) is 0 Å². The maximum absolute atomic E-state index is 13.1. The van der Waals surface area contributed by atoms with Gasteiger partial charge in [0.25, 0.3) is 5.91 Å². The Morgan fingerprint density at radius 1 is 1.18 bits per heavy atom. The van der Waals surface area contributed by atoms with Crippen molar-refractivity contribution >= 4 is 17.5 Å². The van der Waals surface area contributed by atoms with Crippen molar-refractivity contribution in [2.24, 2.45) is 0 Å². The Labute approximate surface area is 169 Å². The van der Waals surface area contributed by atoms with Gasteiger partial charge in [-0.25, -0.2) is 0 Å². The first kappa shape index (κ1) is 18.6. The molecule has 3 aromatic rings. The maximum atomic E-state index is 13.1. The summed E-state index contributed by atoms with van der Waals surface area (Å²) >= 11 is 6.05. The van der Waals surface area contributed by atoms with Crippen molar-refractivity contribution in [2.75, 3.05) is 13.2 Å². The van der Waals surface area contributed by atoms with E-state index in [-0.39, 0.29) is 11.9 Å². The van der Waals surface area contributed by atoms with Crippen LogP contribution in [0.15, 0.2) is 48.5 Å². The molecule has 6 heteroatoms. The molecule has 28 heavy (non-hydrogen) atoms. The summed E-state index contributed by atoms with van der Waals surface area (Å²) < 4.78 is 5.68. The third-order valence-corrected chi connectivity index (χ3v) is 5.18.